The van der Waals surface area contributed by atoms with E-state index in [1.54, 1.807) is 41.7 Å². The highest BCUT2D eigenvalue weighted by Gasteiger charge is 2.34. The zero-order chi connectivity index (χ0) is 21.5. The lowest BCUT2D eigenvalue weighted by molar-refractivity contribution is -0.111. The van der Waals surface area contributed by atoms with Crippen molar-refractivity contribution in [2.75, 3.05) is 5.32 Å². The Morgan fingerprint density at radius 2 is 1.65 bits per heavy atom. The molecule has 1 heterocycles. The first kappa shape index (κ1) is 19.4. The molecule has 5 nitrogen and oxygen atoms in total. The maximum atomic E-state index is 13.4. The predicted octanol–water partition coefficient (Wildman–Crippen LogP) is 5.35. The Labute approximate surface area is 185 Å². The lowest BCUT2D eigenvalue weighted by Crippen LogP contribution is -2.24. The topological polar surface area (TPSA) is 76.1 Å². The van der Waals surface area contributed by atoms with Crippen molar-refractivity contribution in [2.45, 2.75) is 9.24 Å². The van der Waals surface area contributed by atoms with E-state index in [0.717, 1.165) is 20.6 Å². The number of ketones is 2. The minimum absolute atomic E-state index is 0.206. The van der Waals surface area contributed by atoms with Gasteiger partial charge < -0.3 is 5.32 Å². The van der Waals surface area contributed by atoms with Crippen LogP contribution < -0.4 is 5.32 Å². The Morgan fingerprint density at radius 3 is 2.42 bits per heavy atom. The van der Waals surface area contributed by atoms with Crippen LogP contribution in [0.4, 0.5) is 5.69 Å². The fourth-order valence-electron chi connectivity index (χ4n) is 3.57. The molecule has 1 aliphatic rings. The second-order valence-electron chi connectivity index (χ2n) is 6.81. The number of rotatable bonds is 4. The average Bonchev–Trinajstić information content (AvgIpc) is 3.19. The SMILES string of the molecule is C=CC(=O)Nc1cccc2c1C(=O)c1cccc(Sc3nc4ccccc4s3)c1C2=O. The minimum Gasteiger partial charge on any atom is -0.322 e. The zero-order valence-corrected chi connectivity index (χ0v) is 17.7. The van der Waals surface area contributed by atoms with Crippen LogP contribution in [-0.2, 0) is 4.79 Å². The predicted molar refractivity (Wildman–Crippen MR) is 122 cm³/mol. The molecule has 31 heavy (non-hydrogen) atoms. The fourth-order valence-corrected chi connectivity index (χ4v) is 5.76. The third-order valence-corrected chi connectivity index (χ3v) is 7.11. The Kier molecular flexibility index (Phi) is 4.77. The summed E-state index contributed by atoms with van der Waals surface area (Å²) < 4.78 is 1.86. The molecular weight excluding hydrogens is 428 g/mol. The van der Waals surface area contributed by atoms with Gasteiger partial charge in [0.1, 0.15) is 0 Å². The zero-order valence-electron chi connectivity index (χ0n) is 16.0. The number of nitrogens with zero attached hydrogens (tertiary/aromatic N) is 1. The van der Waals surface area contributed by atoms with Crippen LogP contribution in [0.2, 0.25) is 0 Å². The van der Waals surface area contributed by atoms with Crippen LogP contribution in [0.25, 0.3) is 10.2 Å². The van der Waals surface area contributed by atoms with Crippen LogP contribution in [0.1, 0.15) is 31.8 Å². The molecule has 0 fully saturated rings. The van der Waals surface area contributed by atoms with Crippen molar-refractivity contribution in [1.29, 1.82) is 0 Å². The summed E-state index contributed by atoms with van der Waals surface area (Å²) in [6.45, 7) is 3.43. The molecule has 1 amide bonds. The second kappa shape index (κ2) is 7.61. The van der Waals surface area contributed by atoms with Gasteiger partial charge in [-0.05, 0) is 30.3 Å². The number of benzene rings is 3. The van der Waals surface area contributed by atoms with Gasteiger partial charge in [-0.25, -0.2) is 4.98 Å². The molecule has 150 valence electrons. The van der Waals surface area contributed by atoms with E-state index in [4.69, 9.17) is 0 Å². The van der Waals surface area contributed by atoms with Gasteiger partial charge in [-0.1, -0.05) is 54.7 Å². The quantitative estimate of drug-likeness (QED) is 0.380. The molecule has 1 aliphatic carbocycles. The van der Waals surface area contributed by atoms with Crippen LogP contribution in [0.15, 0.2) is 82.6 Å². The first-order valence-corrected chi connectivity index (χ1v) is 11.0. The van der Waals surface area contributed by atoms with E-state index in [0.29, 0.717) is 21.7 Å². The van der Waals surface area contributed by atoms with Crippen molar-refractivity contribution >= 4 is 56.5 Å². The van der Waals surface area contributed by atoms with E-state index in [-0.39, 0.29) is 22.7 Å². The number of carbonyl (C=O) groups is 3. The Hall–Kier alpha value is -3.55. The maximum absolute atomic E-state index is 13.4. The van der Waals surface area contributed by atoms with Crippen molar-refractivity contribution < 1.29 is 14.4 Å². The standard InChI is InChI=1S/C24H14N2O3S2/c1-2-19(27)25-16-10-5-7-13-20(16)22(28)14-8-6-12-18(21(14)23(13)29)31-24-26-15-9-3-4-11-17(15)30-24/h2-12H,1H2,(H,25,27). The highest BCUT2D eigenvalue weighted by Crippen LogP contribution is 2.41. The number of hydrogen-bond acceptors (Lipinski definition) is 6. The van der Waals surface area contributed by atoms with Crippen molar-refractivity contribution in [3.8, 4) is 0 Å². The van der Waals surface area contributed by atoms with E-state index >= 15 is 0 Å². The number of nitrogens with one attached hydrogen (secondary N) is 1. The Morgan fingerprint density at radius 1 is 0.935 bits per heavy atom. The third kappa shape index (κ3) is 3.28. The number of thiazole rings is 1. The molecule has 1 aromatic heterocycles. The highest BCUT2D eigenvalue weighted by atomic mass is 32.2. The molecule has 3 aromatic carbocycles. The highest BCUT2D eigenvalue weighted by molar-refractivity contribution is 8.01. The summed E-state index contributed by atoms with van der Waals surface area (Å²) >= 11 is 2.92. The van der Waals surface area contributed by atoms with Gasteiger partial charge in [0.2, 0.25) is 5.91 Å². The van der Waals surface area contributed by atoms with Crippen LogP contribution >= 0.6 is 23.1 Å². The van der Waals surface area contributed by atoms with Gasteiger partial charge in [-0.15, -0.1) is 11.3 Å². The van der Waals surface area contributed by atoms with Gasteiger partial charge in [-0.2, -0.15) is 0 Å². The van der Waals surface area contributed by atoms with Gasteiger partial charge in [0.05, 0.1) is 21.5 Å². The monoisotopic (exact) mass is 442 g/mol. The van der Waals surface area contributed by atoms with Crippen molar-refractivity contribution in [3.63, 3.8) is 0 Å². The summed E-state index contributed by atoms with van der Waals surface area (Å²) in [7, 11) is 0. The molecule has 1 N–H and O–H groups in total. The minimum atomic E-state index is -0.445. The van der Waals surface area contributed by atoms with Crippen LogP contribution in [0.5, 0.6) is 0 Å². The third-order valence-electron chi connectivity index (χ3n) is 4.95. The van der Waals surface area contributed by atoms with Gasteiger partial charge >= 0.3 is 0 Å². The largest absolute Gasteiger partial charge is 0.322 e. The molecule has 7 heteroatoms. The molecule has 0 atom stereocenters. The number of amides is 1. The molecule has 0 spiro atoms. The van der Waals surface area contributed by atoms with Crippen molar-refractivity contribution in [1.82, 2.24) is 4.98 Å². The number of aromatic nitrogens is 1. The molecule has 0 saturated heterocycles. The molecule has 0 unspecified atom stereocenters. The summed E-state index contributed by atoms with van der Waals surface area (Å²) in [5, 5.41) is 2.63. The molecular formula is C24H14N2O3S2. The summed E-state index contributed by atoms with van der Waals surface area (Å²) in [5.41, 5.74) is 2.38. The van der Waals surface area contributed by atoms with Gasteiger partial charge in [0.25, 0.3) is 0 Å². The van der Waals surface area contributed by atoms with Crippen LogP contribution in [0.3, 0.4) is 0 Å². The van der Waals surface area contributed by atoms with E-state index in [9.17, 15) is 14.4 Å². The first-order chi connectivity index (χ1) is 15.1. The van der Waals surface area contributed by atoms with Crippen molar-refractivity contribution in [2.24, 2.45) is 0 Å². The molecule has 0 aliphatic heterocycles. The number of anilines is 1. The summed E-state index contributed by atoms with van der Waals surface area (Å²) in [5.74, 6) is -0.987. The van der Waals surface area contributed by atoms with E-state index in [2.05, 4.69) is 16.9 Å². The smallest absolute Gasteiger partial charge is 0.247 e. The number of hydrogen-bond donors (Lipinski definition) is 1. The molecule has 0 bridgehead atoms. The lowest BCUT2D eigenvalue weighted by atomic mass is 9.83. The van der Waals surface area contributed by atoms with Crippen LogP contribution in [-0.4, -0.2) is 22.5 Å². The summed E-state index contributed by atoms with van der Waals surface area (Å²) in [6, 6.07) is 17.9. The van der Waals surface area contributed by atoms with Crippen molar-refractivity contribution in [3.05, 3.63) is 95.6 Å². The summed E-state index contributed by atoms with van der Waals surface area (Å²) in [6.07, 6.45) is 1.12. The van der Waals surface area contributed by atoms with E-state index in [1.807, 2.05) is 30.3 Å². The summed E-state index contributed by atoms with van der Waals surface area (Å²) in [4.78, 5) is 43.9. The average molecular weight is 443 g/mol. The number of para-hydroxylation sites is 1. The Balaban J connectivity index is 1.60. The fraction of sp³-hybridized carbons (Fsp3) is 0. The Bertz CT molecular complexity index is 1390. The lowest BCUT2D eigenvalue weighted by Gasteiger charge is -2.21. The first-order valence-electron chi connectivity index (χ1n) is 9.39. The van der Waals surface area contributed by atoms with E-state index < -0.39 is 5.91 Å². The second-order valence-corrected chi connectivity index (χ2v) is 9.13. The van der Waals surface area contributed by atoms with Gasteiger partial charge in [-0.3, -0.25) is 14.4 Å². The van der Waals surface area contributed by atoms with Crippen LogP contribution in [0, 0.1) is 0 Å². The van der Waals surface area contributed by atoms with Gasteiger partial charge in [0, 0.05) is 21.6 Å². The molecule has 4 aromatic rings. The maximum Gasteiger partial charge on any atom is 0.247 e. The van der Waals surface area contributed by atoms with Gasteiger partial charge in [0.15, 0.2) is 15.9 Å². The molecule has 0 saturated carbocycles. The normalized spacial score (nSPS) is 12.4. The molecule has 5 rings (SSSR count). The number of carbonyl (C=O) groups excluding carboxylic acids is 3. The number of fused-ring (bicyclic) bond motifs is 3. The molecule has 0 radical (unpaired) electrons. The van der Waals surface area contributed by atoms with E-state index in [1.165, 1.54) is 11.8 Å².